The minimum atomic E-state index is -0.787. The van der Waals surface area contributed by atoms with Crippen molar-refractivity contribution in [1.82, 2.24) is 14.9 Å². The predicted octanol–water partition coefficient (Wildman–Crippen LogP) is 0.249. The van der Waals surface area contributed by atoms with Crippen LogP contribution in [0.25, 0.3) is 0 Å². The first-order valence-corrected chi connectivity index (χ1v) is 7.13. The van der Waals surface area contributed by atoms with Crippen LogP contribution in [0.1, 0.15) is 37.3 Å². The quantitative estimate of drug-likeness (QED) is 0.738. The molecule has 0 saturated heterocycles. The molecule has 7 heteroatoms. The van der Waals surface area contributed by atoms with E-state index in [1.165, 1.54) is 0 Å². The van der Waals surface area contributed by atoms with Gasteiger partial charge in [0, 0.05) is 24.2 Å². The lowest BCUT2D eigenvalue weighted by molar-refractivity contribution is -0.138. The predicted molar refractivity (Wildman–Crippen MR) is 77.5 cm³/mol. The molecule has 0 bridgehead atoms. The summed E-state index contributed by atoms with van der Waals surface area (Å²) in [6, 6.07) is -0.0470. The number of nitrogens with one attached hydrogen (secondary N) is 2. The number of aryl methyl sites for hydroxylation is 1. The van der Waals surface area contributed by atoms with Crippen LogP contribution >= 0.6 is 0 Å². The second-order valence-corrected chi connectivity index (χ2v) is 5.72. The Morgan fingerprint density at radius 2 is 2.19 bits per heavy atom. The molecule has 0 radical (unpaired) electrons. The Labute approximate surface area is 122 Å². The van der Waals surface area contributed by atoms with Crippen molar-refractivity contribution in [3.8, 4) is 0 Å². The Morgan fingerprint density at radius 3 is 2.81 bits per heavy atom. The lowest BCUT2D eigenvalue weighted by atomic mass is 9.80. The van der Waals surface area contributed by atoms with Crippen molar-refractivity contribution in [2.45, 2.75) is 44.7 Å². The van der Waals surface area contributed by atoms with Crippen LogP contribution in [-0.2, 0) is 4.79 Å². The van der Waals surface area contributed by atoms with E-state index in [2.05, 4.69) is 10.3 Å². The highest BCUT2D eigenvalue weighted by Gasteiger charge is 2.32. The number of aliphatic carboxylic acids is 1. The maximum atomic E-state index is 12.0. The van der Waals surface area contributed by atoms with Gasteiger partial charge in [0.15, 0.2) is 0 Å². The van der Waals surface area contributed by atoms with Crippen molar-refractivity contribution in [1.29, 1.82) is 0 Å². The van der Waals surface area contributed by atoms with E-state index in [-0.39, 0.29) is 30.0 Å². The third-order valence-corrected chi connectivity index (χ3v) is 4.26. The number of rotatable bonds is 4. The SMILES string of the molecule is CN[C@H]1C[C@H](CC(=O)O)CC[C@@H]1n1cc(C)c(=O)[nH]c1=O. The number of likely N-dealkylation sites (N-methyl/N-ethyl adjacent to an activating group) is 1. The summed E-state index contributed by atoms with van der Waals surface area (Å²) in [7, 11) is 1.81. The highest BCUT2D eigenvalue weighted by molar-refractivity contribution is 5.67. The molecule has 21 heavy (non-hydrogen) atoms. The number of nitrogens with zero attached hydrogens (tertiary/aromatic N) is 1. The molecule has 1 aliphatic rings. The summed E-state index contributed by atoms with van der Waals surface area (Å²) in [5, 5.41) is 12.1. The van der Waals surface area contributed by atoms with Crippen LogP contribution in [0.3, 0.4) is 0 Å². The topological polar surface area (TPSA) is 104 Å². The molecule has 0 aromatic carbocycles. The largest absolute Gasteiger partial charge is 0.481 e. The second-order valence-electron chi connectivity index (χ2n) is 5.72. The van der Waals surface area contributed by atoms with E-state index in [1.54, 1.807) is 17.7 Å². The lowest BCUT2D eigenvalue weighted by Gasteiger charge is -2.36. The Morgan fingerprint density at radius 1 is 1.48 bits per heavy atom. The van der Waals surface area contributed by atoms with E-state index in [9.17, 15) is 14.4 Å². The molecule has 0 spiro atoms. The molecule has 3 N–H and O–H groups in total. The molecule has 0 unspecified atom stereocenters. The van der Waals surface area contributed by atoms with Crippen LogP contribution in [-0.4, -0.2) is 33.7 Å². The molecule has 1 fully saturated rings. The summed E-state index contributed by atoms with van der Waals surface area (Å²) >= 11 is 0. The molecular formula is C14H21N3O4. The summed E-state index contributed by atoms with van der Waals surface area (Å²) in [5.74, 6) is -0.666. The van der Waals surface area contributed by atoms with Crippen LogP contribution in [0.4, 0.5) is 0 Å². The first-order valence-electron chi connectivity index (χ1n) is 7.13. The Hall–Kier alpha value is -1.89. The zero-order valence-electron chi connectivity index (χ0n) is 12.3. The number of carbonyl (C=O) groups is 1. The normalized spacial score (nSPS) is 25.7. The van der Waals surface area contributed by atoms with E-state index in [0.717, 1.165) is 12.8 Å². The highest BCUT2D eigenvalue weighted by atomic mass is 16.4. The van der Waals surface area contributed by atoms with Gasteiger partial charge >= 0.3 is 11.7 Å². The molecule has 1 aromatic rings. The molecule has 1 aromatic heterocycles. The van der Waals surface area contributed by atoms with Crippen LogP contribution in [0.2, 0.25) is 0 Å². The van der Waals surface area contributed by atoms with Gasteiger partial charge < -0.3 is 10.4 Å². The third-order valence-electron chi connectivity index (χ3n) is 4.26. The third kappa shape index (κ3) is 3.41. The molecule has 1 saturated carbocycles. The van der Waals surface area contributed by atoms with Gasteiger partial charge in [0.2, 0.25) is 0 Å². The molecule has 116 valence electrons. The first kappa shape index (κ1) is 15.5. The van der Waals surface area contributed by atoms with E-state index >= 15 is 0 Å². The van der Waals surface area contributed by atoms with Crippen LogP contribution < -0.4 is 16.6 Å². The van der Waals surface area contributed by atoms with Crippen LogP contribution in [0, 0.1) is 12.8 Å². The van der Waals surface area contributed by atoms with Gasteiger partial charge in [-0.2, -0.15) is 0 Å². The van der Waals surface area contributed by atoms with E-state index in [0.29, 0.717) is 12.0 Å². The molecule has 1 heterocycles. The summed E-state index contributed by atoms with van der Waals surface area (Å²) in [6.45, 7) is 1.67. The number of carboxylic acid groups (broad SMARTS) is 1. The van der Waals surface area contributed by atoms with Crippen LogP contribution in [0.5, 0.6) is 0 Å². The monoisotopic (exact) mass is 295 g/mol. The summed E-state index contributed by atoms with van der Waals surface area (Å²) in [4.78, 5) is 36.6. The average Bonchev–Trinajstić information content (AvgIpc) is 2.42. The van der Waals surface area contributed by atoms with Crippen molar-refractivity contribution in [3.63, 3.8) is 0 Å². The van der Waals surface area contributed by atoms with Crippen molar-refractivity contribution in [2.75, 3.05) is 7.05 Å². The van der Waals surface area contributed by atoms with Gasteiger partial charge in [-0.1, -0.05) is 0 Å². The number of carboxylic acids is 1. The first-order chi connectivity index (χ1) is 9.92. The maximum absolute atomic E-state index is 12.0. The summed E-state index contributed by atoms with van der Waals surface area (Å²) in [5.41, 5.74) is -0.276. The van der Waals surface area contributed by atoms with Gasteiger partial charge in [0.05, 0.1) is 6.04 Å². The number of H-pyrrole nitrogens is 1. The Bertz CT molecular complexity index is 634. The zero-order chi connectivity index (χ0) is 15.6. The Kier molecular flexibility index (Phi) is 4.62. The molecule has 3 atom stereocenters. The molecule has 0 amide bonds. The zero-order valence-corrected chi connectivity index (χ0v) is 12.3. The lowest BCUT2D eigenvalue weighted by Crippen LogP contribution is -2.45. The molecular weight excluding hydrogens is 274 g/mol. The fourth-order valence-electron chi connectivity index (χ4n) is 3.15. The second kappa shape index (κ2) is 6.26. The Balaban J connectivity index is 2.25. The number of aromatic amines is 1. The van der Waals surface area contributed by atoms with Crippen molar-refractivity contribution >= 4 is 5.97 Å². The van der Waals surface area contributed by atoms with Gasteiger partial charge in [-0.3, -0.25) is 19.1 Å². The van der Waals surface area contributed by atoms with E-state index < -0.39 is 11.7 Å². The molecule has 1 aliphatic carbocycles. The number of aromatic nitrogens is 2. The van der Waals surface area contributed by atoms with Gasteiger partial charge in [-0.15, -0.1) is 0 Å². The van der Waals surface area contributed by atoms with Gasteiger partial charge in [0.25, 0.3) is 5.56 Å². The van der Waals surface area contributed by atoms with Crippen LogP contribution in [0.15, 0.2) is 15.8 Å². The van der Waals surface area contributed by atoms with Crippen molar-refractivity contribution in [2.24, 2.45) is 5.92 Å². The minimum Gasteiger partial charge on any atom is -0.481 e. The molecule has 7 nitrogen and oxygen atoms in total. The van der Waals surface area contributed by atoms with Gasteiger partial charge in [-0.25, -0.2) is 4.79 Å². The van der Waals surface area contributed by atoms with Crippen molar-refractivity contribution < 1.29 is 9.90 Å². The smallest absolute Gasteiger partial charge is 0.328 e. The number of hydrogen-bond donors (Lipinski definition) is 3. The average molecular weight is 295 g/mol. The van der Waals surface area contributed by atoms with Gasteiger partial charge in [-0.05, 0) is 39.2 Å². The fraction of sp³-hybridized carbons (Fsp3) is 0.643. The summed E-state index contributed by atoms with van der Waals surface area (Å²) in [6.07, 6.45) is 3.94. The van der Waals surface area contributed by atoms with Crippen molar-refractivity contribution in [3.05, 3.63) is 32.6 Å². The molecule has 0 aliphatic heterocycles. The molecule has 2 rings (SSSR count). The fourth-order valence-corrected chi connectivity index (χ4v) is 3.15. The summed E-state index contributed by atoms with van der Waals surface area (Å²) < 4.78 is 1.56. The maximum Gasteiger partial charge on any atom is 0.328 e. The minimum absolute atomic E-state index is 0.0195. The van der Waals surface area contributed by atoms with E-state index in [1.807, 2.05) is 7.05 Å². The number of hydrogen-bond acceptors (Lipinski definition) is 4. The highest BCUT2D eigenvalue weighted by Crippen LogP contribution is 2.33. The standard InChI is InChI=1S/C14H21N3O4/c1-8-7-17(14(21)16-13(8)20)11-4-3-9(6-12(18)19)5-10(11)15-2/h7,9-11,15H,3-6H2,1-2H3,(H,18,19)(H,16,20,21)/t9-,10+,11+/m1/s1. The van der Waals surface area contributed by atoms with E-state index in [4.69, 9.17) is 5.11 Å². The van der Waals surface area contributed by atoms with Gasteiger partial charge in [0.1, 0.15) is 0 Å².